The molecule has 1 amide bonds. The van der Waals surface area contributed by atoms with E-state index in [4.69, 9.17) is 16.9 Å². The Kier molecular flexibility index (Phi) is 5.51. The number of anilines is 1. The summed E-state index contributed by atoms with van der Waals surface area (Å²) >= 11 is 5.90. The average molecular weight is 329 g/mol. The second-order valence-electron chi connectivity index (χ2n) is 4.81. The maximum absolute atomic E-state index is 13.8. The fourth-order valence-electron chi connectivity index (χ4n) is 1.96. The van der Waals surface area contributed by atoms with E-state index < -0.39 is 11.7 Å². The van der Waals surface area contributed by atoms with Gasteiger partial charge in [0.15, 0.2) is 0 Å². The van der Waals surface area contributed by atoms with Gasteiger partial charge in [-0.15, -0.1) is 0 Å². The second-order valence-corrected chi connectivity index (χ2v) is 5.22. The highest BCUT2D eigenvalue weighted by Crippen LogP contribution is 2.22. The molecule has 2 rings (SSSR count). The lowest BCUT2D eigenvalue weighted by atomic mass is 10.1. The van der Waals surface area contributed by atoms with Crippen LogP contribution in [0.5, 0.6) is 0 Å². The molecule has 0 aliphatic heterocycles. The smallest absolute Gasteiger partial charge is 0.266 e. The van der Waals surface area contributed by atoms with Crippen molar-refractivity contribution < 1.29 is 9.18 Å². The lowest BCUT2D eigenvalue weighted by molar-refractivity contribution is -0.112. The monoisotopic (exact) mass is 328 g/mol. The highest BCUT2D eigenvalue weighted by atomic mass is 35.5. The fraction of sp³-hybridized carbons (Fsp3) is 0.111. The number of amides is 1. The Labute approximate surface area is 139 Å². The number of carbonyl (C=O) groups is 1. The SMILES string of the molecule is CCc1ccc(NC(=O)/C(C#N)=C/c2c(F)cccc2Cl)cc1. The van der Waals surface area contributed by atoms with Crippen LogP contribution in [0, 0.1) is 17.1 Å². The molecule has 23 heavy (non-hydrogen) atoms. The molecule has 0 bridgehead atoms. The number of nitriles is 1. The lowest BCUT2D eigenvalue weighted by Crippen LogP contribution is -2.13. The summed E-state index contributed by atoms with van der Waals surface area (Å²) in [6, 6.07) is 13.2. The van der Waals surface area contributed by atoms with Gasteiger partial charge in [0.25, 0.3) is 5.91 Å². The highest BCUT2D eigenvalue weighted by Gasteiger charge is 2.12. The summed E-state index contributed by atoms with van der Waals surface area (Å²) in [5.74, 6) is -1.21. The number of nitrogens with zero attached hydrogens (tertiary/aromatic N) is 1. The summed E-state index contributed by atoms with van der Waals surface area (Å²) in [6.07, 6.45) is 2.04. The summed E-state index contributed by atoms with van der Waals surface area (Å²) in [7, 11) is 0. The van der Waals surface area contributed by atoms with Crippen molar-refractivity contribution in [3.05, 3.63) is 70.0 Å². The Hall–Kier alpha value is -2.64. The van der Waals surface area contributed by atoms with Gasteiger partial charge < -0.3 is 5.32 Å². The van der Waals surface area contributed by atoms with E-state index in [1.165, 1.54) is 18.2 Å². The minimum Gasteiger partial charge on any atom is -0.321 e. The number of carbonyl (C=O) groups excluding carboxylic acids is 1. The van der Waals surface area contributed by atoms with E-state index >= 15 is 0 Å². The molecule has 0 fully saturated rings. The number of aryl methyl sites for hydroxylation is 1. The Morgan fingerprint density at radius 2 is 2.00 bits per heavy atom. The van der Waals surface area contributed by atoms with E-state index in [9.17, 15) is 9.18 Å². The Balaban J connectivity index is 2.24. The molecular weight excluding hydrogens is 315 g/mol. The van der Waals surface area contributed by atoms with Crippen molar-refractivity contribution in [1.29, 1.82) is 5.26 Å². The van der Waals surface area contributed by atoms with Gasteiger partial charge in [-0.25, -0.2) is 4.39 Å². The zero-order valence-electron chi connectivity index (χ0n) is 12.4. The quantitative estimate of drug-likeness (QED) is 0.659. The molecule has 0 saturated carbocycles. The summed E-state index contributed by atoms with van der Waals surface area (Å²) < 4.78 is 13.8. The van der Waals surface area contributed by atoms with Crippen molar-refractivity contribution in [2.45, 2.75) is 13.3 Å². The molecular formula is C18H14ClFN2O. The van der Waals surface area contributed by atoms with Gasteiger partial charge in [0, 0.05) is 11.3 Å². The number of hydrogen-bond donors (Lipinski definition) is 1. The number of nitrogens with one attached hydrogen (secondary N) is 1. The minimum absolute atomic E-state index is 0.0159. The number of rotatable bonds is 4. The molecule has 0 spiro atoms. The largest absolute Gasteiger partial charge is 0.321 e. The van der Waals surface area contributed by atoms with Crippen molar-refractivity contribution in [3.63, 3.8) is 0 Å². The Morgan fingerprint density at radius 3 is 2.57 bits per heavy atom. The zero-order valence-corrected chi connectivity index (χ0v) is 13.2. The molecule has 2 aromatic rings. The first-order valence-electron chi connectivity index (χ1n) is 7.01. The van der Waals surface area contributed by atoms with E-state index in [-0.39, 0.29) is 16.2 Å². The predicted molar refractivity (Wildman–Crippen MR) is 89.4 cm³/mol. The second kappa shape index (κ2) is 7.57. The van der Waals surface area contributed by atoms with Crippen LogP contribution in [0.1, 0.15) is 18.1 Å². The van der Waals surface area contributed by atoms with Crippen LogP contribution >= 0.6 is 11.6 Å². The molecule has 2 aromatic carbocycles. The highest BCUT2D eigenvalue weighted by molar-refractivity contribution is 6.32. The van der Waals surface area contributed by atoms with Crippen molar-refractivity contribution >= 4 is 29.3 Å². The van der Waals surface area contributed by atoms with Gasteiger partial charge in [-0.2, -0.15) is 5.26 Å². The van der Waals surface area contributed by atoms with Gasteiger partial charge in [0.05, 0.1) is 5.02 Å². The molecule has 0 atom stereocenters. The molecule has 0 aromatic heterocycles. The third-order valence-electron chi connectivity index (χ3n) is 3.27. The molecule has 0 heterocycles. The molecule has 5 heteroatoms. The molecule has 0 radical (unpaired) electrons. The standard InChI is InChI=1S/C18H14ClFN2O/c1-2-12-6-8-14(9-7-12)22-18(23)13(11-21)10-15-16(19)4-3-5-17(15)20/h3-10H,2H2,1H3,(H,22,23)/b13-10+. The lowest BCUT2D eigenvalue weighted by Gasteiger charge is -2.06. The number of halogens is 2. The minimum atomic E-state index is -0.615. The van der Waals surface area contributed by atoms with Crippen LogP contribution in [0.25, 0.3) is 6.08 Å². The van der Waals surface area contributed by atoms with Gasteiger partial charge in [0.2, 0.25) is 0 Å². The van der Waals surface area contributed by atoms with Crippen molar-refractivity contribution in [2.24, 2.45) is 0 Å². The maximum Gasteiger partial charge on any atom is 0.266 e. The summed E-state index contributed by atoms with van der Waals surface area (Å²) in [4.78, 5) is 12.2. The topological polar surface area (TPSA) is 52.9 Å². The Bertz CT molecular complexity index is 771. The van der Waals surface area contributed by atoms with Crippen molar-refractivity contribution in [1.82, 2.24) is 0 Å². The van der Waals surface area contributed by atoms with Crippen LogP contribution in [-0.4, -0.2) is 5.91 Å². The van der Waals surface area contributed by atoms with Crippen LogP contribution in [0.4, 0.5) is 10.1 Å². The molecule has 0 unspecified atom stereocenters. The molecule has 0 saturated heterocycles. The third-order valence-corrected chi connectivity index (χ3v) is 3.60. The summed E-state index contributed by atoms with van der Waals surface area (Å²) in [5, 5.41) is 11.9. The molecule has 116 valence electrons. The number of hydrogen-bond acceptors (Lipinski definition) is 2. The number of benzene rings is 2. The molecule has 3 nitrogen and oxygen atoms in total. The van der Waals surface area contributed by atoms with Gasteiger partial charge in [-0.05, 0) is 42.3 Å². The van der Waals surface area contributed by atoms with Gasteiger partial charge in [-0.1, -0.05) is 36.7 Å². The fourth-order valence-corrected chi connectivity index (χ4v) is 2.18. The van der Waals surface area contributed by atoms with E-state index in [1.807, 2.05) is 19.1 Å². The third kappa shape index (κ3) is 4.18. The first-order valence-corrected chi connectivity index (χ1v) is 7.39. The Morgan fingerprint density at radius 1 is 1.30 bits per heavy atom. The van der Waals surface area contributed by atoms with Gasteiger partial charge in [0.1, 0.15) is 17.5 Å². The molecule has 0 aliphatic carbocycles. The summed E-state index contributed by atoms with van der Waals surface area (Å²) in [6.45, 7) is 2.03. The molecule has 1 N–H and O–H groups in total. The van der Waals surface area contributed by atoms with Gasteiger partial charge >= 0.3 is 0 Å². The summed E-state index contributed by atoms with van der Waals surface area (Å²) in [5.41, 5.74) is 1.49. The van der Waals surface area contributed by atoms with Gasteiger partial charge in [-0.3, -0.25) is 4.79 Å². The van der Waals surface area contributed by atoms with Crippen LogP contribution in [0.2, 0.25) is 5.02 Å². The van der Waals surface area contributed by atoms with Crippen LogP contribution in [0.3, 0.4) is 0 Å². The first kappa shape index (κ1) is 16.7. The normalized spacial score (nSPS) is 11.0. The first-order chi connectivity index (χ1) is 11.0. The van der Waals surface area contributed by atoms with Crippen molar-refractivity contribution in [3.8, 4) is 6.07 Å². The van der Waals surface area contributed by atoms with Crippen molar-refractivity contribution in [2.75, 3.05) is 5.32 Å². The van der Waals surface area contributed by atoms with E-state index in [0.29, 0.717) is 5.69 Å². The van der Waals surface area contributed by atoms with Crippen LogP contribution in [-0.2, 0) is 11.2 Å². The van der Waals surface area contributed by atoms with Crippen LogP contribution < -0.4 is 5.32 Å². The maximum atomic E-state index is 13.8. The molecule has 0 aliphatic rings. The zero-order chi connectivity index (χ0) is 16.8. The van der Waals surface area contributed by atoms with E-state index in [2.05, 4.69) is 5.32 Å². The van der Waals surface area contributed by atoms with E-state index in [0.717, 1.165) is 18.1 Å². The predicted octanol–water partition coefficient (Wildman–Crippen LogP) is 4.59. The average Bonchev–Trinajstić information content (AvgIpc) is 2.55. The van der Waals surface area contributed by atoms with Crippen LogP contribution in [0.15, 0.2) is 48.0 Å². The van der Waals surface area contributed by atoms with E-state index in [1.54, 1.807) is 18.2 Å².